The van der Waals surface area contributed by atoms with Crippen molar-refractivity contribution in [2.75, 3.05) is 0 Å². The van der Waals surface area contributed by atoms with E-state index in [2.05, 4.69) is 0 Å². The first kappa shape index (κ1) is 12.2. The molecule has 5 nitrogen and oxygen atoms in total. The molecule has 17 heavy (non-hydrogen) atoms. The predicted molar refractivity (Wildman–Crippen MR) is 60.6 cm³/mol. The van der Waals surface area contributed by atoms with Crippen LogP contribution < -0.4 is 0 Å². The summed E-state index contributed by atoms with van der Waals surface area (Å²) in [7, 11) is 0. The molecule has 4 unspecified atom stereocenters. The minimum absolute atomic E-state index is 0.0315. The number of rotatable bonds is 1. The van der Waals surface area contributed by atoms with E-state index >= 15 is 0 Å². The van der Waals surface area contributed by atoms with Crippen LogP contribution in [-0.2, 0) is 9.53 Å². The molecule has 2 heterocycles. The second-order valence-electron chi connectivity index (χ2n) is 5.96. The van der Waals surface area contributed by atoms with Crippen LogP contribution >= 0.6 is 0 Å². The van der Waals surface area contributed by atoms with Crippen LogP contribution in [0.15, 0.2) is 0 Å². The van der Waals surface area contributed by atoms with Crippen LogP contribution in [-0.4, -0.2) is 39.8 Å². The Kier molecular flexibility index (Phi) is 2.60. The minimum atomic E-state index is -0.802. The number of fused-ring (bicyclic) bond motifs is 1. The topological polar surface area (TPSA) is 66.8 Å². The first-order valence-electron chi connectivity index (χ1n) is 5.96. The number of carboxylic acids is 1. The van der Waals surface area contributed by atoms with E-state index < -0.39 is 17.5 Å². The zero-order valence-corrected chi connectivity index (χ0v) is 10.6. The Bertz CT molecular complexity index is 360. The Balaban J connectivity index is 2.09. The Hall–Kier alpha value is -1.26. The third-order valence-corrected chi connectivity index (χ3v) is 3.69. The van der Waals surface area contributed by atoms with Crippen molar-refractivity contribution >= 4 is 12.1 Å². The number of aliphatic carboxylic acids is 1. The lowest BCUT2D eigenvalue weighted by molar-refractivity contribution is -0.147. The summed E-state index contributed by atoms with van der Waals surface area (Å²) in [6.07, 6.45) is 0.401. The van der Waals surface area contributed by atoms with Gasteiger partial charge in [0.05, 0.1) is 5.92 Å². The van der Waals surface area contributed by atoms with Gasteiger partial charge in [-0.15, -0.1) is 0 Å². The Morgan fingerprint density at radius 3 is 2.35 bits per heavy atom. The van der Waals surface area contributed by atoms with Gasteiger partial charge in [0.2, 0.25) is 0 Å². The average Bonchev–Trinajstić information content (AvgIpc) is 2.49. The van der Waals surface area contributed by atoms with Gasteiger partial charge in [-0.1, -0.05) is 0 Å². The van der Waals surface area contributed by atoms with E-state index in [9.17, 15) is 9.59 Å². The van der Waals surface area contributed by atoms with Crippen LogP contribution in [0.3, 0.4) is 0 Å². The highest BCUT2D eigenvalue weighted by atomic mass is 16.6. The lowest BCUT2D eigenvalue weighted by Gasteiger charge is -2.33. The number of hydrogen-bond donors (Lipinski definition) is 1. The normalized spacial score (nSPS) is 35.4. The molecule has 0 spiro atoms. The maximum atomic E-state index is 12.0. The molecule has 1 aliphatic carbocycles. The molecule has 2 aliphatic heterocycles. The van der Waals surface area contributed by atoms with Gasteiger partial charge in [0.15, 0.2) is 0 Å². The van der Waals surface area contributed by atoms with Gasteiger partial charge in [0.25, 0.3) is 0 Å². The molecule has 4 atom stereocenters. The van der Waals surface area contributed by atoms with Crippen LogP contribution in [0, 0.1) is 11.8 Å². The van der Waals surface area contributed by atoms with Gasteiger partial charge in [-0.25, -0.2) is 4.79 Å². The maximum absolute atomic E-state index is 12.0. The molecule has 0 radical (unpaired) electrons. The molecule has 3 fully saturated rings. The molecule has 2 bridgehead atoms. The van der Waals surface area contributed by atoms with Gasteiger partial charge in [0.1, 0.15) is 5.60 Å². The van der Waals surface area contributed by atoms with Crippen molar-refractivity contribution < 1.29 is 19.4 Å². The summed E-state index contributed by atoms with van der Waals surface area (Å²) >= 11 is 0. The van der Waals surface area contributed by atoms with Gasteiger partial charge < -0.3 is 14.7 Å². The second-order valence-corrected chi connectivity index (χ2v) is 5.96. The van der Waals surface area contributed by atoms with Crippen LogP contribution in [0.5, 0.6) is 0 Å². The first-order chi connectivity index (χ1) is 7.72. The van der Waals surface area contributed by atoms with Crippen LogP contribution in [0.1, 0.15) is 34.1 Å². The fourth-order valence-corrected chi connectivity index (χ4v) is 2.92. The zero-order valence-electron chi connectivity index (χ0n) is 10.6. The summed E-state index contributed by atoms with van der Waals surface area (Å²) in [4.78, 5) is 24.7. The number of nitrogens with zero attached hydrogens (tertiary/aromatic N) is 1. The average molecular weight is 241 g/mol. The third-order valence-electron chi connectivity index (χ3n) is 3.69. The molecule has 2 saturated heterocycles. The van der Waals surface area contributed by atoms with Crippen molar-refractivity contribution in [3.8, 4) is 0 Å². The first-order valence-corrected chi connectivity index (χ1v) is 5.96. The van der Waals surface area contributed by atoms with E-state index in [1.54, 1.807) is 4.90 Å². The summed E-state index contributed by atoms with van der Waals surface area (Å²) in [5, 5.41) is 9.09. The van der Waals surface area contributed by atoms with E-state index in [1.807, 2.05) is 27.7 Å². The van der Waals surface area contributed by atoms with Crippen molar-refractivity contribution in [2.45, 2.75) is 51.8 Å². The Morgan fingerprint density at radius 2 is 1.94 bits per heavy atom. The quantitative estimate of drug-likeness (QED) is 0.759. The molecule has 5 heteroatoms. The number of hydrogen-bond acceptors (Lipinski definition) is 3. The largest absolute Gasteiger partial charge is 0.481 e. The van der Waals surface area contributed by atoms with E-state index in [1.165, 1.54) is 0 Å². The molecule has 3 aliphatic rings. The Labute approximate surface area is 101 Å². The minimum Gasteiger partial charge on any atom is -0.481 e. The van der Waals surface area contributed by atoms with Gasteiger partial charge in [-0.3, -0.25) is 4.79 Å². The molecular weight excluding hydrogens is 222 g/mol. The highest BCUT2D eigenvalue weighted by Crippen LogP contribution is 2.51. The summed E-state index contributed by atoms with van der Waals surface area (Å²) in [6.45, 7) is 7.33. The molecule has 0 aromatic carbocycles. The molecular formula is C12H19NO4. The van der Waals surface area contributed by atoms with Crippen molar-refractivity contribution in [3.63, 3.8) is 0 Å². The number of carbonyl (C=O) groups is 2. The highest BCUT2D eigenvalue weighted by molar-refractivity contribution is 5.78. The number of amides is 1. The predicted octanol–water partition coefficient (Wildman–Crippen LogP) is 1.71. The molecule has 1 saturated carbocycles. The summed E-state index contributed by atoms with van der Waals surface area (Å²) in [5.74, 6) is -1.12. The van der Waals surface area contributed by atoms with Crippen LogP contribution in [0.2, 0.25) is 0 Å². The van der Waals surface area contributed by atoms with Crippen LogP contribution in [0.4, 0.5) is 4.79 Å². The fraction of sp³-hybridized carbons (Fsp3) is 0.833. The van der Waals surface area contributed by atoms with Crippen molar-refractivity contribution in [1.82, 2.24) is 4.90 Å². The van der Waals surface area contributed by atoms with Gasteiger partial charge in [-0.05, 0) is 40.0 Å². The number of ether oxygens (including phenoxy) is 1. The van der Waals surface area contributed by atoms with Crippen LogP contribution in [0.25, 0.3) is 0 Å². The lowest BCUT2D eigenvalue weighted by atomic mass is 9.72. The van der Waals surface area contributed by atoms with Crippen molar-refractivity contribution in [2.24, 2.45) is 11.8 Å². The monoisotopic (exact) mass is 241 g/mol. The Morgan fingerprint density at radius 1 is 1.35 bits per heavy atom. The van der Waals surface area contributed by atoms with E-state index in [0.717, 1.165) is 6.42 Å². The van der Waals surface area contributed by atoms with Crippen molar-refractivity contribution in [1.29, 1.82) is 0 Å². The molecule has 96 valence electrons. The summed E-state index contributed by atoms with van der Waals surface area (Å²) in [5.41, 5.74) is -0.539. The summed E-state index contributed by atoms with van der Waals surface area (Å²) < 4.78 is 5.31. The van der Waals surface area contributed by atoms with E-state index in [-0.39, 0.29) is 24.1 Å². The SMILES string of the molecule is CC1C2CC(C2C(=O)O)N1C(=O)OC(C)(C)C. The fourth-order valence-electron chi connectivity index (χ4n) is 2.92. The second kappa shape index (κ2) is 3.62. The third kappa shape index (κ3) is 1.87. The van der Waals surface area contributed by atoms with E-state index in [0.29, 0.717) is 0 Å². The zero-order chi connectivity index (χ0) is 13.0. The molecule has 3 rings (SSSR count). The smallest absolute Gasteiger partial charge is 0.410 e. The molecule has 1 amide bonds. The van der Waals surface area contributed by atoms with Gasteiger partial charge in [0, 0.05) is 12.1 Å². The van der Waals surface area contributed by atoms with Gasteiger partial charge in [-0.2, -0.15) is 0 Å². The number of carboxylic acid groups (broad SMARTS) is 1. The lowest BCUT2D eigenvalue weighted by Crippen LogP contribution is -2.46. The summed E-state index contributed by atoms with van der Waals surface area (Å²) in [6, 6.07) is -0.210. The molecule has 1 N–H and O–H groups in total. The maximum Gasteiger partial charge on any atom is 0.410 e. The van der Waals surface area contributed by atoms with E-state index in [4.69, 9.17) is 9.84 Å². The van der Waals surface area contributed by atoms with Gasteiger partial charge >= 0.3 is 12.1 Å². The highest BCUT2D eigenvalue weighted by Gasteiger charge is 2.61. The van der Waals surface area contributed by atoms with Crippen molar-refractivity contribution in [3.05, 3.63) is 0 Å². The standard InChI is InChI=1S/C12H19NO4/c1-6-7-5-8(9(7)10(14)15)13(6)11(16)17-12(2,3)4/h6-9H,5H2,1-4H3,(H,14,15). The molecule has 0 aromatic rings. The number of carbonyl (C=O) groups excluding carboxylic acids is 1. The molecule has 0 aromatic heterocycles.